The van der Waals surface area contributed by atoms with Gasteiger partial charge >= 0.3 is 0 Å². The number of aromatic nitrogens is 1. The van der Waals surface area contributed by atoms with Gasteiger partial charge in [-0.25, -0.2) is 8.42 Å². The van der Waals surface area contributed by atoms with Crippen molar-refractivity contribution in [1.82, 2.24) is 14.2 Å². The predicted molar refractivity (Wildman–Crippen MR) is 115 cm³/mol. The largest absolute Gasteiger partial charge is 0.380 e. The molecule has 6 rings (SSSR count). The predicted octanol–water partition coefficient (Wildman–Crippen LogP) is 2.89. The van der Waals surface area contributed by atoms with Crippen molar-refractivity contribution in [2.75, 3.05) is 39.4 Å². The lowest BCUT2D eigenvalue weighted by atomic mass is 9.75. The van der Waals surface area contributed by atoms with Gasteiger partial charge in [0.25, 0.3) is 0 Å². The van der Waals surface area contributed by atoms with Crippen LogP contribution in [-0.4, -0.2) is 68.0 Å². The zero-order chi connectivity index (χ0) is 20.4. The maximum Gasteiger partial charge on any atom is 0.243 e. The minimum absolute atomic E-state index is 0.334. The first-order chi connectivity index (χ1) is 14.5. The van der Waals surface area contributed by atoms with Crippen molar-refractivity contribution >= 4 is 20.9 Å². The topological polar surface area (TPSA) is 62.7 Å². The molecule has 4 heterocycles. The number of hydrogen-bond donors (Lipinski definition) is 0. The molecule has 3 aliphatic heterocycles. The van der Waals surface area contributed by atoms with Crippen molar-refractivity contribution in [1.29, 1.82) is 0 Å². The zero-order valence-electron chi connectivity index (χ0n) is 17.3. The highest BCUT2D eigenvalue weighted by molar-refractivity contribution is 7.89. The number of likely N-dealkylation sites (tertiary alicyclic amines) is 1. The van der Waals surface area contributed by atoms with Crippen LogP contribution in [0.3, 0.4) is 0 Å². The number of benzene rings is 1. The van der Waals surface area contributed by atoms with Crippen LogP contribution in [0.15, 0.2) is 41.4 Å². The molecule has 0 radical (unpaired) electrons. The van der Waals surface area contributed by atoms with Crippen LogP contribution in [0.2, 0.25) is 0 Å². The van der Waals surface area contributed by atoms with Crippen LogP contribution < -0.4 is 0 Å². The first kappa shape index (κ1) is 19.2. The Morgan fingerprint density at radius 3 is 2.57 bits per heavy atom. The van der Waals surface area contributed by atoms with Crippen molar-refractivity contribution in [3.63, 3.8) is 0 Å². The van der Waals surface area contributed by atoms with E-state index in [-0.39, 0.29) is 0 Å². The fourth-order valence-electron chi connectivity index (χ4n) is 6.15. The Bertz CT molecular complexity index is 1070. The first-order valence-corrected chi connectivity index (χ1v) is 12.6. The number of ether oxygens (including phenoxy) is 1. The standard InChI is InChI=1S/C23H29N3O3S/c27-30(28,20-4-3-18-2-1-9-24-21(18)12-20)26-10-7-22(8-11-26)6-5-19(13-22)25-14-23(15-25)16-29-17-23/h1-4,9,12,19H,5-8,10-11,13-17H2. The number of piperidine rings is 1. The van der Waals surface area contributed by atoms with E-state index in [1.807, 2.05) is 18.2 Å². The van der Waals surface area contributed by atoms with E-state index in [1.165, 1.54) is 32.4 Å². The van der Waals surface area contributed by atoms with E-state index < -0.39 is 10.0 Å². The Kier molecular flexibility index (Phi) is 4.30. The molecule has 160 valence electrons. The molecule has 30 heavy (non-hydrogen) atoms. The fraction of sp³-hybridized carbons (Fsp3) is 0.609. The van der Waals surface area contributed by atoms with E-state index in [4.69, 9.17) is 4.74 Å². The molecule has 0 amide bonds. The monoisotopic (exact) mass is 427 g/mol. The van der Waals surface area contributed by atoms with E-state index >= 15 is 0 Å². The normalized spacial score (nSPS) is 28.6. The van der Waals surface area contributed by atoms with Crippen molar-refractivity contribution in [2.45, 2.75) is 43.0 Å². The molecule has 2 spiro atoms. The minimum Gasteiger partial charge on any atom is -0.380 e. The number of hydrogen-bond acceptors (Lipinski definition) is 5. The lowest BCUT2D eigenvalue weighted by Crippen LogP contribution is -2.67. The molecule has 6 nitrogen and oxygen atoms in total. The highest BCUT2D eigenvalue weighted by Gasteiger charge is 2.53. The molecular formula is C23H29N3O3S. The van der Waals surface area contributed by atoms with Gasteiger partial charge in [-0.05, 0) is 55.7 Å². The maximum absolute atomic E-state index is 13.3. The molecule has 4 aliphatic rings. The number of fused-ring (bicyclic) bond motifs is 1. The van der Waals surface area contributed by atoms with Crippen LogP contribution in [0.25, 0.3) is 10.9 Å². The molecule has 1 aliphatic carbocycles. The SMILES string of the molecule is O=S(=O)(c1ccc2cccnc2c1)N1CCC2(CCC(N3CC4(COC4)C3)C2)CC1. The molecule has 2 aromatic rings. The molecule has 1 unspecified atom stereocenters. The van der Waals surface area contributed by atoms with Crippen molar-refractivity contribution in [3.8, 4) is 0 Å². The lowest BCUT2D eigenvalue weighted by Gasteiger charge is -2.57. The Labute approximate surface area is 178 Å². The second-order valence-electron chi connectivity index (χ2n) is 10.1. The molecule has 1 atom stereocenters. The Balaban J connectivity index is 1.12. The van der Waals surface area contributed by atoms with Gasteiger partial charge in [0, 0.05) is 49.2 Å². The summed E-state index contributed by atoms with van der Waals surface area (Å²) in [6, 6.07) is 9.80. The van der Waals surface area contributed by atoms with Gasteiger partial charge < -0.3 is 4.74 Å². The molecule has 4 fully saturated rings. The van der Waals surface area contributed by atoms with Crippen LogP contribution in [0.5, 0.6) is 0 Å². The van der Waals surface area contributed by atoms with Crippen molar-refractivity contribution < 1.29 is 13.2 Å². The maximum atomic E-state index is 13.3. The van der Waals surface area contributed by atoms with E-state index in [1.54, 1.807) is 22.6 Å². The summed E-state index contributed by atoms with van der Waals surface area (Å²) in [5.74, 6) is 0. The van der Waals surface area contributed by atoms with E-state index in [0.717, 1.165) is 37.0 Å². The van der Waals surface area contributed by atoms with Gasteiger partial charge in [-0.3, -0.25) is 9.88 Å². The lowest BCUT2D eigenvalue weighted by molar-refractivity contribution is -0.198. The van der Waals surface area contributed by atoms with E-state index in [2.05, 4.69) is 9.88 Å². The molecule has 1 aromatic heterocycles. The number of pyridine rings is 1. The summed E-state index contributed by atoms with van der Waals surface area (Å²) in [6.07, 6.45) is 7.41. The summed E-state index contributed by atoms with van der Waals surface area (Å²) < 4.78 is 33.6. The summed E-state index contributed by atoms with van der Waals surface area (Å²) in [7, 11) is -3.47. The molecule has 1 saturated carbocycles. The third-order valence-electron chi connectivity index (χ3n) is 8.08. The van der Waals surface area contributed by atoms with Crippen molar-refractivity contribution in [2.24, 2.45) is 10.8 Å². The van der Waals surface area contributed by atoms with Gasteiger partial charge in [-0.2, -0.15) is 4.31 Å². The molecule has 1 aromatic carbocycles. The highest BCUT2D eigenvalue weighted by atomic mass is 32.2. The van der Waals surface area contributed by atoms with Gasteiger partial charge in [0.05, 0.1) is 23.6 Å². The minimum atomic E-state index is -3.47. The van der Waals surface area contributed by atoms with Crippen LogP contribution in [0, 0.1) is 10.8 Å². The van der Waals surface area contributed by atoms with E-state index in [9.17, 15) is 8.42 Å². The first-order valence-electron chi connectivity index (χ1n) is 11.1. The van der Waals surface area contributed by atoms with Gasteiger partial charge in [0.2, 0.25) is 10.0 Å². The van der Waals surface area contributed by atoms with Crippen LogP contribution in [0.1, 0.15) is 32.1 Å². The third kappa shape index (κ3) is 3.01. The van der Waals surface area contributed by atoms with Crippen molar-refractivity contribution in [3.05, 3.63) is 36.5 Å². The molecule has 0 bridgehead atoms. The summed E-state index contributed by atoms with van der Waals surface area (Å²) in [4.78, 5) is 7.34. The summed E-state index contributed by atoms with van der Waals surface area (Å²) in [5.41, 5.74) is 1.54. The van der Waals surface area contributed by atoms with Gasteiger partial charge in [0.1, 0.15) is 0 Å². The molecule has 7 heteroatoms. The summed E-state index contributed by atoms with van der Waals surface area (Å²) in [6.45, 7) is 5.55. The molecule has 3 saturated heterocycles. The Morgan fingerprint density at radius 1 is 1.03 bits per heavy atom. The number of rotatable bonds is 3. The Hall–Kier alpha value is -1.54. The number of sulfonamides is 1. The summed E-state index contributed by atoms with van der Waals surface area (Å²) >= 11 is 0. The number of nitrogens with zero attached hydrogens (tertiary/aromatic N) is 3. The Morgan fingerprint density at radius 2 is 1.83 bits per heavy atom. The van der Waals surface area contributed by atoms with Gasteiger partial charge in [0.15, 0.2) is 0 Å². The molecule has 0 N–H and O–H groups in total. The molecular weight excluding hydrogens is 398 g/mol. The van der Waals surface area contributed by atoms with Crippen LogP contribution >= 0.6 is 0 Å². The van der Waals surface area contributed by atoms with E-state index in [0.29, 0.717) is 34.9 Å². The fourth-order valence-corrected chi connectivity index (χ4v) is 7.61. The zero-order valence-corrected chi connectivity index (χ0v) is 18.1. The highest BCUT2D eigenvalue weighted by Crippen LogP contribution is 2.51. The second kappa shape index (κ2) is 6.73. The smallest absolute Gasteiger partial charge is 0.243 e. The average Bonchev–Trinajstić information content (AvgIpc) is 3.09. The van der Waals surface area contributed by atoms with Crippen LogP contribution in [0.4, 0.5) is 0 Å². The quantitative estimate of drug-likeness (QED) is 0.754. The van der Waals surface area contributed by atoms with Gasteiger partial charge in [-0.1, -0.05) is 12.1 Å². The van der Waals surface area contributed by atoms with Gasteiger partial charge in [-0.15, -0.1) is 0 Å². The second-order valence-corrected chi connectivity index (χ2v) is 12.0. The third-order valence-corrected chi connectivity index (χ3v) is 9.98. The summed E-state index contributed by atoms with van der Waals surface area (Å²) in [5, 5.41) is 0.965. The van der Waals surface area contributed by atoms with Crippen LogP contribution in [-0.2, 0) is 14.8 Å². The average molecular weight is 428 g/mol.